The number of nitrogens with one attached hydrogen (secondary N) is 2. The lowest BCUT2D eigenvalue weighted by Gasteiger charge is -2.25. The number of hydrogen-bond acceptors (Lipinski definition) is 3. The minimum Gasteiger partial charge on any atom is -0.396 e. The molecule has 2 amide bonds. The molecule has 0 radical (unpaired) electrons. The van der Waals surface area contributed by atoms with Gasteiger partial charge in [0.1, 0.15) is 0 Å². The Morgan fingerprint density at radius 3 is 2.21 bits per heavy atom. The number of aryl methyl sites for hydroxylation is 2. The number of aliphatic hydroxyl groups excluding tert-OH is 2. The summed E-state index contributed by atoms with van der Waals surface area (Å²) in [7, 11) is 0. The van der Waals surface area contributed by atoms with Crippen molar-refractivity contribution < 1.29 is 15.0 Å². The molecule has 1 aromatic carbocycles. The maximum atomic E-state index is 11.8. The lowest BCUT2D eigenvalue weighted by molar-refractivity contribution is 0.0721. The van der Waals surface area contributed by atoms with Crippen LogP contribution in [0, 0.1) is 19.3 Å². The molecule has 0 bridgehead atoms. The fourth-order valence-corrected chi connectivity index (χ4v) is 1.62. The van der Waals surface area contributed by atoms with Gasteiger partial charge in [0.15, 0.2) is 0 Å². The molecular weight excluding hydrogens is 244 g/mol. The van der Waals surface area contributed by atoms with Crippen molar-refractivity contribution in [2.75, 3.05) is 25.1 Å². The van der Waals surface area contributed by atoms with Crippen LogP contribution in [0.1, 0.15) is 18.1 Å². The summed E-state index contributed by atoms with van der Waals surface area (Å²) in [6, 6.07) is 5.44. The highest BCUT2D eigenvalue weighted by Crippen LogP contribution is 2.19. The van der Waals surface area contributed by atoms with Gasteiger partial charge < -0.3 is 20.8 Å². The SMILES string of the molecule is Cc1cccc(C)c1NC(=O)NCC(C)(CO)CO. The van der Waals surface area contributed by atoms with Crippen molar-refractivity contribution in [3.63, 3.8) is 0 Å². The monoisotopic (exact) mass is 266 g/mol. The van der Waals surface area contributed by atoms with Gasteiger partial charge in [-0.2, -0.15) is 0 Å². The molecule has 19 heavy (non-hydrogen) atoms. The highest BCUT2D eigenvalue weighted by atomic mass is 16.3. The lowest BCUT2D eigenvalue weighted by atomic mass is 9.93. The summed E-state index contributed by atoms with van der Waals surface area (Å²) in [5.74, 6) is 0. The van der Waals surface area contributed by atoms with Gasteiger partial charge in [0.2, 0.25) is 0 Å². The average Bonchev–Trinajstić information content (AvgIpc) is 2.40. The molecule has 0 spiro atoms. The van der Waals surface area contributed by atoms with E-state index in [1.807, 2.05) is 32.0 Å². The second-order valence-electron chi connectivity index (χ2n) is 5.20. The number of urea groups is 1. The Morgan fingerprint density at radius 2 is 1.74 bits per heavy atom. The second-order valence-corrected chi connectivity index (χ2v) is 5.20. The number of carbonyl (C=O) groups is 1. The zero-order valence-corrected chi connectivity index (χ0v) is 11.7. The number of anilines is 1. The second kappa shape index (κ2) is 6.54. The molecule has 0 aromatic heterocycles. The van der Waals surface area contributed by atoms with E-state index >= 15 is 0 Å². The number of benzene rings is 1. The first kappa shape index (κ1) is 15.5. The molecule has 1 rings (SSSR count). The van der Waals surface area contributed by atoms with E-state index in [1.165, 1.54) is 0 Å². The van der Waals surface area contributed by atoms with Crippen LogP contribution < -0.4 is 10.6 Å². The van der Waals surface area contributed by atoms with Crippen molar-refractivity contribution in [2.24, 2.45) is 5.41 Å². The Morgan fingerprint density at radius 1 is 1.21 bits per heavy atom. The van der Waals surface area contributed by atoms with E-state index < -0.39 is 5.41 Å². The van der Waals surface area contributed by atoms with Crippen LogP contribution >= 0.6 is 0 Å². The maximum absolute atomic E-state index is 11.8. The van der Waals surface area contributed by atoms with Gasteiger partial charge >= 0.3 is 6.03 Å². The molecule has 0 fully saturated rings. The van der Waals surface area contributed by atoms with Gasteiger partial charge in [0, 0.05) is 17.6 Å². The third-order valence-corrected chi connectivity index (χ3v) is 3.16. The summed E-state index contributed by atoms with van der Waals surface area (Å²) in [4.78, 5) is 11.8. The van der Waals surface area contributed by atoms with Crippen molar-refractivity contribution in [1.29, 1.82) is 0 Å². The molecule has 0 saturated carbocycles. The number of carbonyl (C=O) groups excluding carboxylic acids is 1. The van der Waals surface area contributed by atoms with Crippen molar-refractivity contribution in [3.8, 4) is 0 Å². The molecule has 0 aliphatic rings. The van der Waals surface area contributed by atoms with Gasteiger partial charge in [-0.1, -0.05) is 25.1 Å². The Kier molecular flexibility index (Phi) is 5.32. The van der Waals surface area contributed by atoms with E-state index in [1.54, 1.807) is 6.92 Å². The first-order chi connectivity index (χ1) is 8.91. The molecule has 0 unspecified atom stereocenters. The van der Waals surface area contributed by atoms with Gasteiger partial charge in [-0.05, 0) is 25.0 Å². The molecule has 0 heterocycles. The summed E-state index contributed by atoms with van der Waals surface area (Å²) in [5, 5.41) is 23.7. The maximum Gasteiger partial charge on any atom is 0.319 e. The Balaban J connectivity index is 2.61. The normalized spacial score (nSPS) is 11.2. The van der Waals surface area contributed by atoms with Crippen molar-refractivity contribution in [3.05, 3.63) is 29.3 Å². The van der Waals surface area contributed by atoms with Gasteiger partial charge in [-0.3, -0.25) is 0 Å². The van der Waals surface area contributed by atoms with E-state index in [4.69, 9.17) is 10.2 Å². The summed E-state index contributed by atoms with van der Waals surface area (Å²) in [6.45, 7) is 5.38. The predicted octanol–water partition coefficient (Wildman–Crippen LogP) is 1.42. The van der Waals surface area contributed by atoms with Gasteiger partial charge in [0.25, 0.3) is 0 Å². The fourth-order valence-electron chi connectivity index (χ4n) is 1.62. The number of para-hydroxylation sites is 1. The molecule has 106 valence electrons. The molecule has 0 saturated heterocycles. The topological polar surface area (TPSA) is 81.6 Å². The number of rotatable bonds is 5. The van der Waals surface area contributed by atoms with Crippen LogP contribution in [0.4, 0.5) is 10.5 Å². The highest BCUT2D eigenvalue weighted by Gasteiger charge is 2.23. The summed E-state index contributed by atoms with van der Waals surface area (Å²) in [6.07, 6.45) is 0. The zero-order valence-electron chi connectivity index (χ0n) is 11.7. The van der Waals surface area contributed by atoms with E-state index in [-0.39, 0.29) is 25.8 Å². The van der Waals surface area contributed by atoms with E-state index in [0.717, 1.165) is 16.8 Å². The Bertz CT molecular complexity index is 422. The van der Waals surface area contributed by atoms with Gasteiger partial charge in [-0.25, -0.2) is 4.79 Å². The molecule has 0 aliphatic carbocycles. The molecule has 0 aliphatic heterocycles. The van der Waals surface area contributed by atoms with Crippen molar-refractivity contribution >= 4 is 11.7 Å². The van der Waals surface area contributed by atoms with E-state index in [9.17, 15) is 4.79 Å². The van der Waals surface area contributed by atoms with Crippen molar-refractivity contribution in [2.45, 2.75) is 20.8 Å². The minimum atomic E-state index is -0.710. The predicted molar refractivity (Wildman–Crippen MR) is 75.2 cm³/mol. The third kappa shape index (κ3) is 4.22. The minimum absolute atomic E-state index is 0.187. The highest BCUT2D eigenvalue weighted by molar-refractivity contribution is 5.90. The fraction of sp³-hybridized carbons (Fsp3) is 0.500. The largest absolute Gasteiger partial charge is 0.396 e. The first-order valence-electron chi connectivity index (χ1n) is 6.24. The summed E-state index contributed by atoms with van der Waals surface area (Å²) in [5.41, 5.74) is 2.05. The number of hydrogen-bond donors (Lipinski definition) is 4. The Labute approximate surface area is 113 Å². The van der Waals surface area contributed by atoms with E-state index in [0.29, 0.717) is 0 Å². The standard InChI is InChI=1S/C14H22N2O3/c1-10-5-4-6-11(2)12(10)16-13(19)15-7-14(3,8-17)9-18/h4-6,17-18H,7-9H2,1-3H3,(H2,15,16,19). The average molecular weight is 266 g/mol. The molecule has 4 N–H and O–H groups in total. The van der Waals surface area contributed by atoms with Crippen LogP contribution in [-0.4, -0.2) is 36.0 Å². The molecule has 1 aromatic rings. The van der Waals surface area contributed by atoms with Crippen LogP contribution in [0.3, 0.4) is 0 Å². The number of amides is 2. The van der Waals surface area contributed by atoms with Crippen LogP contribution in [0.25, 0.3) is 0 Å². The van der Waals surface area contributed by atoms with E-state index in [2.05, 4.69) is 10.6 Å². The van der Waals surface area contributed by atoms with Crippen LogP contribution in [0.15, 0.2) is 18.2 Å². The lowest BCUT2D eigenvalue weighted by Crippen LogP contribution is -2.42. The van der Waals surface area contributed by atoms with Crippen molar-refractivity contribution in [1.82, 2.24) is 5.32 Å². The van der Waals surface area contributed by atoms with Gasteiger partial charge in [-0.15, -0.1) is 0 Å². The zero-order chi connectivity index (χ0) is 14.5. The van der Waals surface area contributed by atoms with Gasteiger partial charge in [0.05, 0.1) is 13.2 Å². The summed E-state index contributed by atoms with van der Waals surface area (Å²) < 4.78 is 0. The first-order valence-corrected chi connectivity index (χ1v) is 6.24. The quantitative estimate of drug-likeness (QED) is 0.650. The number of aliphatic hydroxyl groups is 2. The molecule has 0 atom stereocenters. The van der Waals surface area contributed by atoms with Crippen LogP contribution in [0.2, 0.25) is 0 Å². The van der Waals surface area contributed by atoms with Crippen LogP contribution in [-0.2, 0) is 0 Å². The smallest absolute Gasteiger partial charge is 0.319 e. The molecule has 5 heteroatoms. The molecule has 5 nitrogen and oxygen atoms in total. The summed E-state index contributed by atoms with van der Waals surface area (Å²) >= 11 is 0. The van der Waals surface area contributed by atoms with Crippen LogP contribution in [0.5, 0.6) is 0 Å². The third-order valence-electron chi connectivity index (χ3n) is 3.16. The Hall–Kier alpha value is -1.59. The molecular formula is C14H22N2O3.